The lowest BCUT2D eigenvalue weighted by molar-refractivity contribution is 0.0975. The highest BCUT2D eigenvalue weighted by Crippen LogP contribution is 2.28. The lowest BCUT2D eigenvalue weighted by atomic mass is 9.95. The van der Waals surface area contributed by atoms with Gasteiger partial charge in [0.25, 0.3) is 0 Å². The summed E-state index contributed by atoms with van der Waals surface area (Å²) in [7, 11) is 0. The summed E-state index contributed by atoms with van der Waals surface area (Å²) in [6, 6.07) is 6.19. The monoisotopic (exact) mass is 257 g/mol. The van der Waals surface area contributed by atoms with E-state index in [0.29, 0.717) is 30.8 Å². The molecule has 0 saturated heterocycles. The highest BCUT2D eigenvalue weighted by Gasteiger charge is 2.26. The van der Waals surface area contributed by atoms with E-state index in [-0.39, 0.29) is 11.6 Å². The molecule has 0 unspecified atom stereocenters. The van der Waals surface area contributed by atoms with Crippen molar-refractivity contribution < 1.29 is 9.18 Å². The Kier molecular flexibility index (Phi) is 2.74. The number of rotatable bonds is 2. The normalized spacial score (nSPS) is 14.6. The highest BCUT2D eigenvalue weighted by atomic mass is 19.1. The minimum absolute atomic E-state index is 0.00718. The van der Waals surface area contributed by atoms with E-state index >= 15 is 0 Å². The molecule has 1 aliphatic rings. The number of aromatic nitrogens is 3. The van der Waals surface area contributed by atoms with Gasteiger partial charge in [0, 0.05) is 6.42 Å². The molecule has 1 aromatic heterocycles. The van der Waals surface area contributed by atoms with Crippen LogP contribution in [0.4, 0.5) is 4.39 Å². The first-order chi connectivity index (χ1) is 9.15. The molecule has 1 heterocycles. The van der Waals surface area contributed by atoms with Gasteiger partial charge in [-0.2, -0.15) is 0 Å². The lowest BCUT2D eigenvalue weighted by Crippen LogP contribution is -2.13. The van der Waals surface area contributed by atoms with Crippen LogP contribution in [0.5, 0.6) is 0 Å². The fourth-order valence-corrected chi connectivity index (χ4v) is 2.23. The summed E-state index contributed by atoms with van der Waals surface area (Å²) < 4.78 is 14.5. The molecule has 0 atom stereocenters. The number of nitrogens with zero attached hydrogens (tertiary/aromatic N) is 3. The molecule has 0 amide bonds. The SMILES string of the molecule is C=C1CCC(=O)c2nnn(Cc3ccc(F)cc3)c21. The molecule has 3 rings (SSSR count). The van der Waals surface area contributed by atoms with E-state index in [4.69, 9.17) is 0 Å². The number of ketones is 1. The Morgan fingerprint density at radius 2 is 2.00 bits per heavy atom. The molecule has 5 heteroatoms. The molecular formula is C14H12FN3O. The Balaban J connectivity index is 1.96. The van der Waals surface area contributed by atoms with Gasteiger partial charge < -0.3 is 0 Å². The summed E-state index contributed by atoms with van der Waals surface area (Å²) in [5.74, 6) is -0.267. The Labute approximate surface area is 109 Å². The van der Waals surface area contributed by atoms with Gasteiger partial charge in [0.15, 0.2) is 11.5 Å². The van der Waals surface area contributed by atoms with Crippen molar-refractivity contribution in [3.05, 3.63) is 53.6 Å². The average molecular weight is 257 g/mol. The molecule has 0 bridgehead atoms. The molecule has 0 radical (unpaired) electrons. The number of carbonyl (C=O) groups is 1. The van der Waals surface area contributed by atoms with Crippen molar-refractivity contribution >= 4 is 11.4 Å². The van der Waals surface area contributed by atoms with E-state index in [1.54, 1.807) is 16.8 Å². The van der Waals surface area contributed by atoms with Crippen LogP contribution in [-0.2, 0) is 6.54 Å². The van der Waals surface area contributed by atoms with Crippen LogP contribution in [0.15, 0.2) is 30.8 Å². The Bertz CT molecular complexity index is 658. The van der Waals surface area contributed by atoms with Crippen molar-refractivity contribution in [2.24, 2.45) is 0 Å². The zero-order valence-electron chi connectivity index (χ0n) is 10.3. The molecular weight excluding hydrogens is 245 g/mol. The second-order valence-electron chi connectivity index (χ2n) is 4.60. The van der Waals surface area contributed by atoms with E-state index in [2.05, 4.69) is 16.9 Å². The minimum atomic E-state index is -0.274. The number of halogens is 1. The third-order valence-electron chi connectivity index (χ3n) is 3.23. The maximum absolute atomic E-state index is 12.9. The van der Waals surface area contributed by atoms with Gasteiger partial charge in [-0.3, -0.25) is 4.79 Å². The van der Waals surface area contributed by atoms with E-state index in [9.17, 15) is 9.18 Å². The Morgan fingerprint density at radius 3 is 2.74 bits per heavy atom. The van der Waals surface area contributed by atoms with Crippen molar-refractivity contribution in [1.29, 1.82) is 0 Å². The van der Waals surface area contributed by atoms with E-state index < -0.39 is 0 Å². The molecule has 1 aliphatic carbocycles. The van der Waals surface area contributed by atoms with Crippen molar-refractivity contribution in [2.75, 3.05) is 0 Å². The second kappa shape index (κ2) is 4.42. The van der Waals surface area contributed by atoms with E-state index in [1.807, 2.05) is 0 Å². The fourth-order valence-electron chi connectivity index (χ4n) is 2.23. The van der Waals surface area contributed by atoms with Crippen molar-refractivity contribution in [1.82, 2.24) is 15.0 Å². The highest BCUT2D eigenvalue weighted by molar-refractivity contribution is 6.01. The Hall–Kier alpha value is -2.30. The van der Waals surface area contributed by atoms with E-state index in [1.165, 1.54) is 12.1 Å². The summed E-state index contributed by atoms with van der Waals surface area (Å²) >= 11 is 0. The van der Waals surface area contributed by atoms with Crippen LogP contribution >= 0.6 is 0 Å². The molecule has 0 saturated carbocycles. The lowest BCUT2D eigenvalue weighted by Gasteiger charge is -2.14. The van der Waals surface area contributed by atoms with Crippen molar-refractivity contribution in [2.45, 2.75) is 19.4 Å². The first-order valence-electron chi connectivity index (χ1n) is 6.04. The van der Waals surface area contributed by atoms with Gasteiger partial charge in [-0.15, -0.1) is 5.10 Å². The number of carbonyl (C=O) groups excluding carboxylic acids is 1. The summed E-state index contributed by atoms with van der Waals surface area (Å²) in [6.07, 6.45) is 1.09. The molecule has 1 aromatic carbocycles. The predicted octanol–water partition coefficient (Wildman–Crippen LogP) is 2.46. The maximum Gasteiger partial charge on any atom is 0.185 e. The van der Waals surface area contributed by atoms with Crippen LogP contribution in [0, 0.1) is 5.82 Å². The molecule has 96 valence electrons. The molecule has 0 aliphatic heterocycles. The summed E-state index contributed by atoms with van der Waals surface area (Å²) in [6.45, 7) is 4.42. The van der Waals surface area contributed by atoms with Gasteiger partial charge in [0.2, 0.25) is 0 Å². The topological polar surface area (TPSA) is 47.8 Å². The molecule has 4 nitrogen and oxygen atoms in total. The average Bonchev–Trinajstić information content (AvgIpc) is 2.82. The molecule has 0 fully saturated rings. The van der Waals surface area contributed by atoms with Gasteiger partial charge in [-0.25, -0.2) is 9.07 Å². The number of Topliss-reactive ketones (excluding diaryl/α,β-unsaturated/α-hetero) is 1. The zero-order chi connectivity index (χ0) is 13.4. The van der Waals surface area contributed by atoms with Crippen molar-refractivity contribution in [3.63, 3.8) is 0 Å². The number of fused-ring (bicyclic) bond motifs is 1. The zero-order valence-corrected chi connectivity index (χ0v) is 10.3. The Morgan fingerprint density at radius 1 is 1.26 bits per heavy atom. The largest absolute Gasteiger partial charge is 0.292 e. The second-order valence-corrected chi connectivity index (χ2v) is 4.60. The smallest absolute Gasteiger partial charge is 0.185 e. The van der Waals surface area contributed by atoms with Gasteiger partial charge in [-0.05, 0) is 29.7 Å². The number of allylic oxidation sites excluding steroid dienone is 1. The van der Waals surface area contributed by atoms with Crippen molar-refractivity contribution in [3.8, 4) is 0 Å². The summed E-state index contributed by atoms with van der Waals surface area (Å²) in [4.78, 5) is 11.7. The standard InChI is InChI=1S/C14H12FN3O/c1-9-2-7-12(19)13-14(9)18(17-16-13)8-10-3-5-11(15)6-4-10/h3-6H,1-2,7-8H2. The van der Waals surface area contributed by atoms with Crippen LogP contribution in [0.2, 0.25) is 0 Å². The third kappa shape index (κ3) is 2.07. The quantitative estimate of drug-likeness (QED) is 0.830. The van der Waals surface area contributed by atoms with Crippen LogP contribution in [0.3, 0.4) is 0 Å². The molecule has 0 N–H and O–H groups in total. The van der Waals surface area contributed by atoms with Crippen LogP contribution in [-0.4, -0.2) is 20.8 Å². The number of hydrogen-bond donors (Lipinski definition) is 0. The van der Waals surface area contributed by atoms with Crippen LogP contribution in [0.25, 0.3) is 5.57 Å². The summed E-state index contributed by atoms with van der Waals surface area (Å²) in [5, 5.41) is 7.94. The first-order valence-corrected chi connectivity index (χ1v) is 6.04. The molecule has 0 spiro atoms. The first kappa shape index (κ1) is 11.8. The molecule has 2 aromatic rings. The number of hydrogen-bond acceptors (Lipinski definition) is 3. The summed E-state index contributed by atoms with van der Waals surface area (Å²) in [5.41, 5.74) is 2.89. The van der Waals surface area contributed by atoms with Gasteiger partial charge in [0.1, 0.15) is 5.82 Å². The van der Waals surface area contributed by atoms with Gasteiger partial charge in [0.05, 0.1) is 12.2 Å². The fraction of sp³-hybridized carbons (Fsp3) is 0.214. The van der Waals surface area contributed by atoms with Gasteiger partial charge >= 0.3 is 0 Å². The van der Waals surface area contributed by atoms with Crippen LogP contribution in [0.1, 0.15) is 34.6 Å². The number of benzene rings is 1. The maximum atomic E-state index is 12.9. The molecule has 19 heavy (non-hydrogen) atoms. The predicted molar refractivity (Wildman–Crippen MR) is 68.1 cm³/mol. The van der Waals surface area contributed by atoms with Gasteiger partial charge in [-0.1, -0.05) is 23.9 Å². The van der Waals surface area contributed by atoms with Crippen LogP contribution < -0.4 is 0 Å². The van der Waals surface area contributed by atoms with E-state index in [0.717, 1.165) is 11.1 Å². The minimum Gasteiger partial charge on any atom is -0.292 e. The third-order valence-corrected chi connectivity index (χ3v) is 3.23.